The van der Waals surface area contributed by atoms with Crippen LogP contribution in [0.1, 0.15) is 46.4 Å². The number of halogens is 3. The highest BCUT2D eigenvalue weighted by atomic mass is 32.2. The Hall–Kier alpha value is -2.63. The molecule has 0 radical (unpaired) electrons. The molecule has 2 saturated heterocycles. The minimum Gasteiger partial charge on any atom is -0.381 e. The summed E-state index contributed by atoms with van der Waals surface area (Å²) < 4.78 is 45.3. The van der Waals surface area contributed by atoms with Crippen LogP contribution in [0.2, 0.25) is 0 Å². The highest BCUT2D eigenvalue weighted by molar-refractivity contribution is 7.99. The first-order chi connectivity index (χ1) is 18.8. The third-order valence-corrected chi connectivity index (χ3v) is 9.06. The van der Waals surface area contributed by atoms with E-state index in [-0.39, 0.29) is 29.3 Å². The number of likely N-dealkylation sites (tertiary alicyclic amines) is 1. The highest BCUT2D eigenvalue weighted by Gasteiger charge is 2.38. The molecule has 7 nitrogen and oxygen atoms in total. The molecule has 210 valence electrons. The lowest BCUT2D eigenvalue weighted by Crippen LogP contribution is -2.49. The number of amides is 2. The molecule has 2 fully saturated rings. The van der Waals surface area contributed by atoms with Crippen LogP contribution < -0.4 is 5.32 Å². The number of aromatic nitrogens is 1. The maximum atomic E-state index is 13.2. The van der Waals surface area contributed by atoms with Crippen LogP contribution in [-0.4, -0.2) is 83.3 Å². The zero-order valence-corrected chi connectivity index (χ0v) is 22.5. The average molecular weight is 563 g/mol. The number of pyridine rings is 1. The third-order valence-electron chi connectivity index (χ3n) is 7.69. The van der Waals surface area contributed by atoms with Crippen molar-refractivity contribution in [3.8, 4) is 0 Å². The van der Waals surface area contributed by atoms with E-state index in [1.54, 1.807) is 18.0 Å². The summed E-state index contributed by atoms with van der Waals surface area (Å²) in [6, 6.07) is 9.38. The number of hydrogen-bond donors (Lipinski definition) is 1. The van der Waals surface area contributed by atoms with Gasteiger partial charge in [-0.3, -0.25) is 19.5 Å². The number of rotatable bonds is 7. The maximum Gasteiger partial charge on any atom is 0.416 e. The molecule has 11 heteroatoms. The standard InChI is InChI=1S/C28H33F3N4O3S/c29-28(30,31)20-7-6-19-8-11-34(27(37)23(19)14-20)17-26(36)33-24-15-35(22-5-3-12-38-13-9-22)16-25(24)39-18-21-4-1-2-10-32-21/h1-2,4,6-7,10,14,22,24-25H,3,5,8-9,11-13,15-18H2,(H,33,36)/t22?,24?,25-/m0/s1. The Morgan fingerprint density at radius 3 is 2.82 bits per heavy atom. The molecule has 1 aromatic heterocycles. The molecule has 2 unspecified atom stereocenters. The zero-order valence-electron chi connectivity index (χ0n) is 21.7. The number of alkyl halides is 3. The molecule has 3 atom stereocenters. The molecular weight excluding hydrogens is 529 g/mol. The number of ether oxygens (including phenoxy) is 1. The molecule has 4 heterocycles. The SMILES string of the molecule is O=C(CN1CCc2ccc(C(F)(F)F)cc2C1=O)NC1CN(C2CCCOCC2)C[C@@H]1SCc1ccccn1. The van der Waals surface area contributed by atoms with Crippen molar-refractivity contribution in [3.63, 3.8) is 0 Å². The number of carbonyl (C=O) groups is 2. The predicted octanol–water partition coefficient (Wildman–Crippen LogP) is 3.77. The minimum absolute atomic E-state index is 0.0234. The van der Waals surface area contributed by atoms with Crippen molar-refractivity contribution in [2.75, 3.05) is 39.4 Å². The van der Waals surface area contributed by atoms with Crippen molar-refractivity contribution in [2.24, 2.45) is 0 Å². The Labute approximate surface area is 230 Å². The first-order valence-corrected chi connectivity index (χ1v) is 14.4. The second kappa shape index (κ2) is 12.3. The lowest BCUT2D eigenvalue weighted by Gasteiger charge is -2.29. The van der Waals surface area contributed by atoms with Gasteiger partial charge in [0.15, 0.2) is 0 Å². The third kappa shape index (κ3) is 6.93. The van der Waals surface area contributed by atoms with E-state index in [2.05, 4.69) is 15.2 Å². The van der Waals surface area contributed by atoms with Gasteiger partial charge < -0.3 is 15.0 Å². The molecule has 1 aromatic carbocycles. The van der Waals surface area contributed by atoms with E-state index in [0.717, 1.165) is 62.6 Å². The molecule has 5 rings (SSSR count). The predicted molar refractivity (Wildman–Crippen MR) is 142 cm³/mol. The summed E-state index contributed by atoms with van der Waals surface area (Å²) in [5, 5.41) is 3.30. The van der Waals surface area contributed by atoms with Crippen molar-refractivity contribution < 1.29 is 27.5 Å². The number of nitrogens with zero attached hydrogens (tertiary/aromatic N) is 3. The summed E-state index contributed by atoms with van der Waals surface area (Å²) in [6.45, 7) is 3.17. The van der Waals surface area contributed by atoms with Crippen molar-refractivity contribution in [1.82, 2.24) is 20.1 Å². The van der Waals surface area contributed by atoms with E-state index in [0.29, 0.717) is 31.1 Å². The van der Waals surface area contributed by atoms with Gasteiger partial charge in [-0.1, -0.05) is 12.1 Å². The van der Waals surface area contributed by atoms with Crippen LogP contribution >= 0.6 is 11.8 Å². The van der Waals surface area contributed by atoms with E-state index in [1.165, 1.54) is 11.0 Å². The van der Waals surface area contributed by atoms with Gasteiger partial charge in [0.05, 0.1) is 23.8 Å². The average Bonchev–Trinajstić information content (AvgIpc) is 3.11. The molecule has 0 saturated carbocycles. The van der Waals surface area contributed by atoms with E-state index in [4.69, 9.17) is 4.74 Å². The molecular formula is C28H33F3N4O3S. The molecule has 0 aliphatic carbocycles. The van der Waals surface area contributed by atoms with E-state index in [1.807, 2.05) is 18.2 Å². The quantitative estimate of drug-likeness (QED) is 0.554. The van der Waals surface area contributed by atoms with Crippen LogP contribution in [0.25, 0.3) is 0 Å². The number of hydrogen-bond acceptors (Lipinski definition) is 6. The van der Waals surface area contributed by atoms with Crippen molar-refractivity contribution in [1.29, 1.82) is 0 Å². The number of benzene rings is 1. The van der Waals surface area contributed by atoms with Gasteiger partial charge in [0, 0.05) is 61.7 Å². The van der Waals surface area contributed by atoms with Crippen molar-refractivity contribution in [2.45, 2.75) is 54.9 Å². The summed E-state index contributed by atoms with van der Waals surface area (Å²) in [6.07, 6.45) is 0.677. The van der Waals surface area contributed by atoms with Crippen LogP contribution in [0.5, 0.6) is 0 Å². The van der Waals surface area contributed by atoms with Crippen LogP contribution in [-0.2, 0) is 27.9 Å². The fourth-order valence-electron chi connectivity index (χ4n) is 5.61. The Bertz CT molecular complexity index is 1160. The zero-order chi connectivity index (χ0) is 27.4. The number of nitrogens with one attached hydrogen (secondary N) is 1. The smallest absolute Gasteiger partial charge is 0.381 e. The molecule has 0 bridgehead atoms. The Morgan fingerprint density at radius 1 is 1.15 bits per heavy atom. The summed E-state index contributed by atoms with van der Waals surface area (Å²) in [5.41, 5.74) is 0.720. The molecule has 2 aromatic rings. The fourth-order valence-corrected chi connectivity index (χ4v) is 6.85. The van der Waals surface area contributed by atoms with Gasteiger partial charge in [-0.25, -0.2) is 0 Å². The molecule has 0 spiro atoms. The molecule has 3 aliphatic rings. The highest BCUT2D eigenvalue weighted by Crippen LogP contribution is 2.33. The summed E-state index contributed by atoms with van der Waals surface area (Å²) in [7, 11) is 0. The number of fused-ring (bicyclic) bond motifs is 1. The Balaban J connectivity index is 1.24. The van der Waals surface area contributed by atoms with E-state index in [9.17, 15) is 22.8 Å². The maximum absolute atomic E-state index is 13.2. The van der Waals surface area contributed by atoms with Gasteiger partial charge in [-0.2, -0.15) is 13.2 Å². The van der Waals surface area contributed by atoms with Gasteiger partial charge >= 0.3 is 6.18 Å². The largest absolute Gasteiger partial charge is 0.416 e. The monoisotopic (exact) mass is 562 g/mol. The topological polar surface area (TPSA) is 74.8 Å². The van der Waals surface area contributed by atoms with Crippen molar-refractivity contribution >= 4 is 23.6 Å². The second-order valence-electron chi connectivity index (χ2n) is 10.3. The van der Waals surface area contributed by atoms with Gasteiger partial charge in [-0.15, -0.1) is 11.8 Å². The number of carbonyl (C=O) groups excluding carboxylic acids is 2. The molecule has 1 N–H and O–H groups in total. The minimum atomic E-state index is -4.53. The van der Waals surface area contributed by atoms with Gasteiger partial charge in [-0.05, 0) is 55.5 Å². The fraction of sp³-hybridized carbons (Fsp3) is 0.536. The van der Waals surface area contributed by atoms with Crippen LogP contribution in [0.15, 0.2) is 42.6 Å². The van der Waals surface area contributed by atoms with E-state index < -0.39 is 17.6 Å². The molecule has 2 amide bonds. The lowest BCUT2D eigenvalue weighted by atomic mass is 9.96. The summed E-state index contributed by atoms with van der Waals surface area (Å²) >= 11 is 1.76. The van der Waals surface area contributed by atoms with Crippen LogP contribution in [0.3, 0.4) is 0 Å². The first kappa shape index (κ1) is 27.9. The Kier molecular flexibility index (Phi) is 8.78. The Morgan fingerprint density at radius 2 is 2.03 bits per heavy atom. The van der Waals surface area contributed by atoms with Gasteiger partial charge in [0.25, 0.3) is 5.91 Å². The van der Waals surface area contributed by atoms with Crippen LogP contribution in [0, 0.1) is 0 Å². The second-order valence-corrected chi connectivity index (χ2v) is 11.6. The van der Waals surface area contributed by atoms with E-state index >= 15 is 0 Å². The first-order valence-electron chi connectivity index (χ1n) is 13.4. The normalized spacial score (nSPS) is 24.3. The van der Waals surface area contributed by atoms with Crippen LogP contribution in [0.4, 0.5) is 13.2 Å². The van der Waals surface area contributed by atoms with Crippen molar-refractivity contribution in [3.05, 3.63) is 65.0 Å². The summed E-state index contributed by atoms with van der Waals surface area (Å²) in [4.78, 5) is 34.4. The summed E-state index contributed by atoms with van der Waals surface area (Å²) in [5.74, 6) is -0.106. The molecule has 39 heavy (non-hydrogen) atoms. The number of thioether (sulfide) groups is 1. The van der Waals surface area contributed by atoms with Gasteiger partial charge in [0.1, 0.15) is 0 Å². The van der Waals surface area contributed by atoms with Gasteiger partial charge in [0.2, 0.25) is 5.91 Å². The lowest BCUT2D eigenvalue weighted by molar-refractivity contribution is -0.137. The molecule has 3 aliphatic heterocycles.